The van der Waals surface area contributed by atoms with E-state index in [9.17, 15) is 0 Å². The molecule has 0 radical (unpaired) electrons. The van der Waals surface area contributed by atoms with Crippen molar-refractivity contribution in [1.29, 1.82) is 0 Å². The van der Waals surface area contributed by atoms with Crippen LogP contribution in [0.1, 0.15) is 5.56 Å². The van der Waals surface area contributed by atoms with E-state index < -0.39 is 0 Å². The summed E-state index contributed by atoms with van der Waals surface area (Å²) < 4.78 is 0. The van der Waals surface area contributed by atoms with Crippen LogP contribution in [-0.2, 0) is 0 Å². The molecule has 0 aliphatic heterocycles. The maximum Gasteiger partial charge on any atom is 0.0870 e. The average molecular weight is 267 g/mol. The van der Waals surface area contributed by atoms with Crippen LogP contribution >= 0.6 is 23.2 Å². The highest BCUT2D eigenvalue weighted by Crippen LogP contribution is 2.32. The summed E-state index contributed by atoms with van der Waals surface area (Å²) in [5.41, 5.74) is 9.09. The van der Waals surface area contributed by atoms with E-state index in [0.29, 0.717) is 15.7 Å². The maximum absolute atomic E-state index is 6.13. The number of nitrogens with one attached hydrogen (secondary N) is 1. The number of nitrogens with two attached hydrogens (primary N) is 1. The Morgan fingerprint density at radius 1 is 1.12 bits per heavy atom. The zero-order valence-electron chi connectivity index (χ0n) is 9.30. The summed E-state index contributed by atoms with van der Waals surface area (Å²) in [5, 5.41) is 4.39. The molecule has 2 rings (SSSR count). The van der Waals surface area contributed by atoms with E-state index >= 15 is 0 Å². The second kappa shape index (κ2) is 4.86. The first-order valence-electron chi connectivity index (χ1n) is 5.14. The fraction of sp³-hybridized carbons (Fsp3) is 0.0769. The van der Waals surface area contributed by atoms with Crippen LogP contribution in [0.4, 0.5) is 17.1 Å². The van der Waals surface area contributed by atoms with Crippen LogP contribution in [0.25, 0.3) is 0 Å². The topological polar surface area (TPSA) is 38.0 Å². The van der Waals surface area contributed by atoms with Crippen molar-refractivity contribution >= 4 is 40.3 Å². The molecule has 0 aliphatic carbocycles. The second-order valence-corrected chi connectivity index (χ2v) is 4.67. The molecule has 0 unspecified atom stereocenters. The Balaban J connectivity index is 2.36. The van der Waals surface area contributed by atoms with Crippen molar-refractivity contribution in [3.63, 3.8) is 0 Å². The molecule has 0 amide bonds. The van der Waals surface area contributed by atoms with Gasteiger partial charge in [-0.05, 0) is 42.8 Å². The molecular weight excluding hydrogens is 255 g/mol. The third-order valence-corrected chi connectivity index (χ3v) is 3.01. The Kier molecular flexibility index (Phi) is 3.46. The first-order chi connectivity index (χ1) is 8.06. The van der Waals surface area contributed by atoms with Gasteiger partial charge in [0.25, 0.3) is 0 Å². The van der Waals surface area contributed by atoms with Crippen LogP contribution in [-0.4, -0.2) is 0 Å². The van der Waals surface area contributed by atoms with Gasteiger partial charge in [-0.25, -0.2) is 0 Å². The Labute approximate surface area is 110 Å². The molecular formula is C13H12Cl2N2. The van der Waals surface area contributed by atoms with Crippen LogP contribution in [0.2, 0.25) is 10.0 Å². The zero-order chi connectivity index (χ0) is 12.4. The number of aryl methyl sites for hydroxylation is 1. The van der Waals surface area contributed by atoms with E-state index in [0.717, 1.165) is 16.9 Å². The SMILES string of the molecule is Cc1cc(N)c(Cl)c(Nc2cccc(Cl)c2)c1. The third kappa shape index (κ3) is 2.84. The molecule has 17 heavy (non-hydrogen) atoms. The zero-order valence-corrected chi connectivity index (χ0v) is 10.8. The lowest BCUT2D eigenvalue weighted by Crippen LogP contribution is -1.95. The summed E-state index contributed by atoms with van der Waals surface area (Å²) in [6.45, 7) is 1.97. The molecule has 2 aromatic rings. The van der Waals surface area contributed by atoms with Gasteiger partial charge >= 0.3 is 0 Å². The van der Waals surface area contributed by atoms with Crippen molar-refractivity contribution in [2.75, 3.05) is 11.1 Å². The largest absolute Gasteiger partial charge is 0.397 e. The molecule has 2 aromatic carbocycles. The number of hydrogen-bond acceptors (Lipinski definition) is 2. The first kappa shape index (κ1) is 12.1. The van der Waals surface area contributed by atoms with Gasteiger partial charge in [-0.15, -0.1) is 0 Å². The smallest absolute Gasteiger partial charge is 0.0870 e. The summed E-state index contributed by atoms with van der Waals surface area (Å²) in [6, 6.07) is 11.2. The van der Waals surface area contributed by atoms with Crippen LogP contribution in [0.5, 0.6) is 0 Å². The number of anilines is 3. The lowest BCUT2D eigenvalue weighted by atomic mass is 10.2. The molecule has 3 N–H and O–H groups in total. The van der Waals surface area contributed by atoms with Gasteiger partial charge in [0.15, 0.2) is 0 Å². The molecule has 0 heterocycles. The van der Waals surface area contributed by atoms with Crippen molar-refractivity contribution in [2.24, 2.45) is 0 Å². The van der Waals surface area contributed by atoms with E-state index in [4.69, 9.17) is 28.9 Å². The van der Waals surface area contributed by atoms with Gasteiger partial charge in [0, 0.05) is 10.7 Å². The fourth-order valence-corrected chi connectivity index (χ4v) is 1.96. The maximum atomic E-state index is 6.13. The Morgan fingerprint density at radius 2 is 1.88 bits per heavy atom. The van der Waals surface area contributed by atoms with E-state index in [2.05, 4.69) is 5.32 Å². The van der Waals surface area contributed by atoms with Crippen molar-refractivity contribution < 1.29 is 0 Å². The molecule has 0 aliphatic rings. The molecule has 0 aromatic heterocycles. The summed E-state index contributed by atoms with van der Waals surface area (Å²) in [6.07, 6.45) is 0. The minimum atomic E-state index is 0.524. The molecule has 2 nitrogen and oxygen atoms in total. The van der Waals surface area contributed by atoms with E-state index in [-0.39, 0.29) is 0 Å². The standard InChI is InChI=1S/C13H12Cl2N2/c1-8-5-11(16)13(15)12(6-8)17-10-4-2-3-9(14)7-10/h2-7,17H,16H2,1H3. The molecule has 0 fully saturated rings. The van der Waals surface area contributed by atoms with Gasteiger partial charge in [0.05, 0.1) is 16.4 Å². The third-order valence-electron chi connectivity index (χ3n) is 2.35. The highest BCUT2D eigenvalue weighted by molar-refractivity contribution is 6.36. The number of nitrogen functional groups attached to an aromatic ring is 1. The number of halogens is 2. The normalized spacial score (nSPS) is 10.3. The summed E-state index contributed by atoms with van der Waals surface area (Å²) in [7, 11) is 0. The van der Waals surface area contributed by atoms with Crippen LogP contribution in [0, 0.1) is 6.92 Å². The van der Waals surface area contributed by atoms with E-state index in [1.807, 2.05) is 43.3 Å². The molecule has 0 spiro atoms. The number of hydrogen-bond donors (Lipinski definition) is 2. The van der Waals surface area contributed by atoms with Crippen molar-refractivity contribution in [2.45, 2.75) is 6.92 Å². The van der Waals surface area contributed by atoms with Gasteiger partial charge in [0.1, 0.15) is 0 Å². The predicted molar refractivity (Wildman–Crippen MR) is 75.3 cm³/mol. The quantitative estimate of drug-likeness (QED) is 0.778. The summed E-state index contributed by atoms with van der Waals surface area (Å²) in [5.74, 6) is 0. The fourth-order valence-electron chi connectivity index (χ4n) is 1.61. The predicted octanol–water partition coefficient (Wildman–Crippen LogP) is 4.63. The Bertz CT molecular complexity index is 553. The highest BCUT2D eigenvalue weighted by Gasteiger charge is 2.05. The average Bonchev–Trinajstić information content (AvgIpc) is 2.25. The van der Waals surface area contributed by atoms with Crippen molar-refractivity contribution in [3.8, 4) is 0 Å². The van der Waals surface area contributed by atoms with Crippen LogP contribution in [0.3, 0.4) is 0 Å². The van der Waals surface area contributed by atoms with Crippen molar-refractivity contribution in [1.82, 2.24) is 0 Å². The van der Waals surface area contributed by atoms with Crippen molar-refractivity contribution in [3.05, 3.63) is 52.0 Å². The second-order valence-electron chi connectivity index (χ2n) is 3.85. The molecule has 0 bridgehead atoms. The van der Waals surface area contributed by atoms with E-state index in [1.54, 1.807) is 0 Å². The van der Waals surface area contributed by atoms with Crippen LogP contribution < -0.4 is 11.1 Å². The van der Waals surface area contributed by atoms with Gasteiger partial charge in [-0.2, -0.15) is 0 Å². The Morgan fingerprint density at radius 3 is 2.59 bits per heavy atom. The number of rotatable bonds is 2. The number of benzene rings is 2. The monoisotopic (exact) mass is 266 g/mol. The van der Waals surface area contributed by atoms with Gasteiger partial charge in [-0.3, -0.25) is 0 Å². The minimum Gasteiger partial charge on any atom is -0.397 e. The van der Waals surface area contributed by atoms with Gasteiger partial charge in [-0.1, -0.05) is 29.3 Å². The lowest BCUT2D eigenvalue weighted by molar-refractivity contribution is 1.45. The molecule has 0 saturated carbocycles. The summed E-state index contributed by atoms with van der Waals surface area (Å²) in [4.78, 5) is 0. The Hall–Kier alpha value is -1.38. The molecule has 88 valence electrons. The molecule has 0 atom stereocenters. The minimum absolute atomic E-state index is 0.524. The van der Waals surface area contributed by atoms with E-state index in [1.165, 1.54) is 0 Å². The molecule has 4 heteroatoms. The lowest BCUT2D eigenvalue weighted by Gasteiger charge is -2.11. The molecule has 0 saturated heterocycles. The first-order valence-corrected chi connectivity index (χ1v) is 5.90. The highest BCUT2D eigenvalue weighted by atomic mass is 35.5. The van der Waals surface area contributed by atoms with Crippen LogP contribution in [0.15, 0.2) is 36.4 Å². The summed E-state index contributed by atoms with van der Waals surface area (Å²) >= 11 is 12.1. The van der Waals surface area contributed by atoms with Gasteiger partial charge in [0.2, 0.25) is 0 Å². The van der Waals surface area contributed by atoms with Gasteiger partial charge < -0.3 is 11.1 Å².